The van der Waals surface area contributed by atoms with E-state index in [0.29, 0.717) is 17.3 Å². The number of Topliss-reactive ketones (excluding diaryl/α,β-unsaturated/α-hetero) is 1. The van der Waals surface area contributed by atoms with Crippen molar-refractivity contribution in [2.75, 3.05) is 48.3 Å². The van der Waals surface area contributed by atoms with E-state index in [1.165, 1.54) is 26.0 Å². The van der Waals surface area contributed by atoms with Gasteiger partial charge >= 0.3 is 11.9 Å². The van der Waals surface area contributed by atoms with Crippen LogP contribution in [0.5, 0.6) is 0 Å². The number of halogens is 2. The first kappa shape index (κ1) is 29.3. The van der Waals surface area contributed by atoms with Crippen molar-refractivity contribution in [2.24, 2.45) is 5.92 Å². The normalized spacial score (nSPS) is 16.5. The number of ether oxygens (including phenoxy) is 2. The van der Waals surface area contributed by atoms with Crippen LogP contribution < -0.4 is 11.1 Å². The Morgan fingerprint density at radius 3 is 2.00 bits per heavy atom. The Hall–Kier alpha value is -1.95. The van der Waals surface area contributed by atoms with Gasteiger partial charge in [-0.3, -0.25) is 9.59 Å². The summed E-state index contributed by atoms with van der Waals surface area (Å²) in [6, 6.07) is 15.4. The molecule has 2 aliphatic rings. The molecule has 0 bridgehead atoms. The van der Waals surface area contributed by atoms with Crippen molar-refractivity contribution in [1.82, 2.24) is 0 Å². The van der Waals surface area contributed by atoms with Crippen molar-refractivity contribution < 1.29 is 23.9 Å². The summed E-state index contributed by atoms with van der Waals surface area (Å²) >= 11 is 9.87. The number of methoxy groups -OCH3 is 2. The molecule has 35 heavy (non-hydrogen) atoms. The molecule has 7 nitrogen and oxygen atoms in total. The highest BCUT2D eigenvalue weighted by atomic mass is 79.9. The van der Waals surface area contributed by atoms with Gasteiger partial charge in [-0.15, -0.1) is 0 Å². The largest absolute Gasteiger partial charge is 0.468 e. The van der Waals surface area contributed by atoms with E-state index >= 15 is 0 Å². The lowest BCUT2D eigenvalue weighted by atomic mass is 10.1. The van der Waals surface area contributed by atoms with Crippen LogP contribution in [0, 0.1) is 5.92 Å². The number of esters is 2. The van der Waals surface area contributed by atoms with Gasteiger partial charge in [0.1, 0.15) is 5.92 Å². The number of nitrogens with two attached hydrogens (primary N) is 1. The van der Waals surface area contributed by atoms with Crippen molar-refractivity contribution in [3.63, 3.8) is 0 Å². The van der Waals surface area contributed by atoms with E-state index in [-0.39, 0.29) is 11.8 Å². The molecule has 0 aromatic heterocycles. The molecule has 0 saturated carbocycles. The number of benzene rings is 2. The van der Waals surface area contributed by atoms with E-state index in [9.17, 15) is 14.4 Å². The van der Waals surface area contributed by atoms with Gasteiger partial charge in [-0.25, -0.2) is 4.79 Å². The highest BCUT2D eigenvalue weighted by Crippen LogP contribution is 2.27. The van der Waals surface area contributed by atoms with Crippen LogP contribution in [0.25, 0.3) is 0 Å². The van der Waals surface area contributed by atoms with E-state index in [1.807, 2.05) is 48.5 Å². The monoisotopic (exact) mass is 644 g/mol. The molecule has 0 radical (unpaired) electrons. The number of thioether (sulfide) groups is 2. The highest BCUT2D eigenvalue weighted by Gasteiger charge is 2.32. The average Bonchev–Trinajstić information content (AvgIpc) is 3.51. The minimum Gasteiger partial charge on any atom is -0.468 e. The summed E-state index contributed by atoms with van der Waals surface area (Å²) in [5.41, 5.74) is 8.87. The van der Waals surface area contributed by atoms with Crippen LogP contribution in [-0.2, 0) is 23.9 Å². The third kappa shape index (κ3) is 9.91. The predicted molar refractivity (Wildman–Crippen MR) is 151 cm³/mol. The molecule has 0 spiro atoms. The van der Waals surface area contributed by atoms with Crippen LogP contribution in [0.3, 0.4) is 0 Å². The molecule has 2 aliphatic heterocycles. The number of nitrogen functional groups attached to an aromatic ring is 1. The summed E-state index contributed by atoms with van der Waals surface area (Å²) in [4.78, 5) is 33.1. The zero-order valence-corrected chi connectivity index (χ0v) is 24.0. The predicted octanol–water partition coefficient (Wildman–Crippen LogP) is 5.16. The molecule has 1 fully saturated rings. The van der Waals surface area contributed by atoms with Gasteiger partial charge in [0.15, 0.2) is 5.78 Å². The lowest BCUT2D eigenvalue weighted by molar-refractivity contribution is -0.147. The SMILES string of the molecule is COC(=O)C1=C(Nc2ccc(Br)cc2)CSC1.COC(=O)C1CSCC1=O.Nc1ccc(Br)cc1. The molecule has 2 aromatic carbocycles. The first-order valence-corrected chi connectivity index (χ1v) is 14.2. The zero-order chi connectivity index (χ0) is 25.8. The van der Waals surface area contributed by atoms with Crippen molar-refractivity contribution in [3.8, 4) is 0 Å². The molecule has 0 amide bonds. The summed E-state index contributed by atoms with van der Waals surface area (Å²) in [5.74, 6) is 1.45. The van der Waals surface area contributed by atoms with Crippen molar-refractivity contribution in [2.45, 2.75) is 0 Å². The third-order valence-electron chi connectivity index (χ3n) is 4.70. The Morgan fingerprint density at radius 2 is 1.51 bits per heavy atom. The zero-order valence-electron chi connectivity index (χ0n) is 19.2. The molecule has 0 aliphatic carbocycles. The smallest absolute Gasteiger partial charge is 0.336 e. The second kappa shape index (κ2) is 15.2. The highest BCUT2D eigenvalue weighted by molar-refractivity contribution is 9.10. The summed E-state index contributed by atoms with van der Waals surface area (Å²) in [6.07, 6.45) is 0. The van der Waals surface area contributed by atoms with Gasteiger partial charge in [-0.1, -0.05) is 31.9 Å². The molecular weight excluding hydrogens is 620 g/mol. The van der Waals surface area contributed by atoms with Crippen molar-refractivity contribution in [3.05, 3.63) is 68.7 Å². The minimum atomic E-state index is -0.491. The molecule has 1 atom stereocenters. The number of hydrogen-bond donors (Lipinski definition) is 2. The number of carbonyl (C=O) groups excluding carboxylic acids is 3. The molecular formula is C24H26Br2N2O5S2. The molecule has 4 rings (SSSR count). The Bertz CT molecular complexity index is 1030. The standard InChI is InChI=1S/C12H12BrNO2S.C6H6BrN.C6H8O3S/c1-16-12(15)10-6-17-7-11(10)14-9-4-2-8(13)3-5-9;7-5-1-3-6(8)4-2-5;1-9-6(8)4-2-10-3-5(4)7/h2-5,14H,6-7H2,1H3;1-4H,8H2;4H,2-3H2,1H3. The number of rotatable bonds is 4. The van der Waals surface area contributed by atoms with E-state index < -0.39 is 11.9 Å². The van der Waals surface area contributed by atoms with Crippen LogP contribution in [0.2, 0.25) is 0 Å². The number of hydrogen-bond acceptors (Lipinski definition) is 9. The van der Waals surface area contributed by atoms with Gasteiger partial charge in [-0.2, -0.15) is 23.5 Å². The minimum absolute atomic E-state index is 0.00292. The number of nitrogens with one attached hydrogen (secondary N) is 1. The fraction of sp³-hybridized carbons (Fsp3) is 0.292. The molecule has 2 heterocycles. The van der Waals surface area contributed by atoms with E-state index in [4.69, 9.17) is 10.5 Å². The first-order chi connectivity index (χ1) is 16.7. The maximum atomic E-state index is 11.5. The first-order valence-electron chi connectivity index (χ1n) is 10.3. The lowest BCUT2D eigenvalue weighted by Crippen LogP contribution is -2.23. The van der Waals surface area contributed by atoms with Gasteiger partial charge in [0, 0.05) is 43.3 Å². The number of ketones is 1. The van der Waals surface area contributed by atoms with E-state index in [0.717, 1.165) is 37.3 Å². The lowest BCUT2D eigenvalue weighted by Gasteiger charge is -2.09. The number of carbonyl (C=O) groups is 3. The van der Waals surface area contributed by atoms with Gasteiger partial charge in [0.25, 0.3) is 0 Å². The van der Waals surface area contributed by atoms with Crippen LogP contribution in [0.1, 0.15) is 0 Å². The van der Waals surface area contributed by atoms with Crippen LogP contribution >= 0.6 is 55.4 Å². The van der Waals surface area contributed by atoms with Gasteiger partial charge in [0.2, 0.25) is 0 Å². The van der Waals surface area contributed by atoms with Gasteiger partial charge in [-0.05, 0) is 48.5 Å². The molecule has 3 N–H and O–H groups in total. The fourth-order valence-electron chi connectivity index (χ4n) is 2.83. The maximum absolute atomic E-state index is 11.5. The molecule has 1 saturated heterocycles. The summed E-state index contributed by atoms with van der Waals surface area (Å²) < 4.78 is 11.3. The Kier molecular flexibility index (Phi) is 12.7. The maximum Gasteiger partial charge on any atom is 0.336 e. The molecule has 11 heteroatoms. The van der Waals surface area contributed by atoms with Gasteiger partial charge < -0.3 is 20.5 Å². The summed E-state index contributed by atoms with van der Waals surface area (Å²) in [6.45, 7) is 0. The van der Waals surface area contributed by atoms with Crippen LogP contribution in [0.15, 0.2) is 68.7 Å². The fourth-order valence-corrected chi connectivity index (χ4v) is 5.48. The summed E-state index contributed by atoms with van der Waals surface area (Å²) in [7, 11) is 2.72. The third-order valence-corrected chi connectivity index (χ3v) is 7.80. The second-order valence-corrected chi connectivity index (χ2v) is 11.0. The van der Waals surface area contributed by atoms with E-state index in [2.05, 4.69) is 41.9 Å². The second-order valence-electron chi connectivity index (χ2n) is 7.18. The number of anilines is 2. The topological polar surface area (TPSA) is 108 Å². The van der Waals surface area contributed by atoms with Crippen molar-refractivity contribution >= 4 is 84.5 Å². The van der Waals surface area contributed by atoms with Gasteiger partial charge in [0.05, 0.1) is 25.5 Å². The van der Waals surface area contributed by atoms with Crippen LogP contribution in [0.4, 0.5) is 11.4 Å². The summed E-state index contributed by atoms with van der Waals surface area (Å²) in [5, 5.41) is 3.27. The average molecular weight is 646 g/mol. The molecule has 188 valence electrons. The Labute approximate surface area is 230 Å². The molecule has 2 aromatic rings. The van der Waals surface area contributed by atoms with Crippen LogP contribution in [-0.4, -0.2) is 55.0 Å². The Balaban J connectivity index is 0.000000204. The molecule has 1 unspecified atom stereocenters. The Morgan fingerprint density at radius 1 is 0.914 bits per heavy atom. The van der Waals surface area contributed by atoms with Crippen molar-refractivity contribution in [1.29, 1.82) is 0 Å². The van der Waals surface area contributed by atoms with E-state index in [1.54, 1.807) is 11.8 Å². The quantitative estimate of drug-likeness (QED) is 0.265.